The SMILES string of the molecule is NC(=O)c1cnc(Nc2ccc(OS(=O)(=O)c3ccccc3)cc2)nc1NCCc1ccccc1. The Morgan fingerprint density at radius 2 is 1.57 bits per heavy atom. The molecule has 0 bridgehead atoms. The van der Waals surface area contributed by atoms with Crippen molar-refractivity contribution < 1.29 is 17.4 Å². The number of benzene rings is 3. The molecule has 0 spiro atoms. The topological polar surface area (TPSA) is 136 Å². The summed E-state index contributed by atoms with van der Waals surface area (Å²) in [4.78, 5) is 20.4. The number of nitrogens with one attached hydrogen (secondary N) is 2. The summed E-state index contributed by atoms with van der Waals surface area (Å²) in [5.41, 5.74) is 7.38. The molecule has 178 valence electrons. The summed E-state index contributed by atoms with van der Waals surface area (Å²) < 4.78 is 29.9. The molecule has 10 heteroatoms. The van der Waals surface area contributed by atoms with Gasteiger partial charge in [-0.3, -0.25) is 4.79 Å². The fourth-order valence-electron chi connectivity index (χ4n) is 3.21. The van der Waals surface area contributed by atoms with Crippen LogP contribution < -0.4 is 20.6 Å². The van der Waals surface area contributed by atoms with Crippen molar-refractivity contribution in [2.24, 2.45) is 5.73 Å². The molecule has 0 unspecified atom stereocenters. The zero-order valence-corrected chi connectivity index (χ0v) is 19.4. The summed E-state index contributed by atoms with van der Waals surface area (Å²) in [6, 6.07) is 24.1. The molecular weight excluding hydrogens is 466 g/mol. The van der Waals surface area contributed by atoms with E-state index in [1.54, 1.807) is 30.3 Å². The molecule has 0 atom stereocenters. The van der Waals surface area contributed by atoms with Gasteiger partial charge in [-0.05, 0) is 48.4 Å². The normalized spacial score (nSPS) is 11.0. The van der Waals surface area contributed by atoms with Crippen molar-refractivity contribution in [3.63, 3.8) is 0 Å². The summed E-state index contributed by atoms with van der Waals surface area (Å²) >= 11 is 0. The van der Waals surface area contributed by atoms with E-state index in [2.05, 4.69) is 20.6 Å². The number of rotatable bonds is 10. The standard InChI is InChI=1S/C25H23N5O4S/c26-23(31)22-17-28-25(30-24(22)27-16-15-18-7-3-1-4-8-18)29-19-11-13-20(14-12-19)34-35(32,33)21-9-5-2-6-10-21/h1-14,17H,15-16H2,(H2,26,31)(H2,27,28,29,30). The largest absolute Gasteiger partial charge is 0.379 e. The van der Waals surface area contributed by atoms with Crippen LogP contribution in [0.15, 0.2) is 96.0 Å². The van der Waals surface area contributed by atoms with Gasteiger partial charge in [0.25, 0.3) is 5.91 Å². The van der Waals surface area contributed by atoms with Crippen LogP contribution in [0.5, 0.6) is 5.75 Å². The van der Waals surface area contributed by atoms with Crippen molar-refractivity contribution in [2.75, 3.05) is 17.2 Å². The lowest BCUT2D eigenvalue weighted by Crippen LogP contribution is -2.18. The van der Waals surface area contributed by atoms with Crippen LogP contribution >= 0.6 is 0 Å². The quantitative estimate of drug-likeness (QED) is 0.287. The average Bonchev–Trinajstić information content (AvgIpc) is 2.86. The molecule has 9 nitrogen and oxygen atoms in total. The van der Waals surface area contributed by atoms with Gasteiger partial charge in [-0.2, -0.15) is 13.4 Å². The lowest BCUT2D eigenvalue weighted by Gasteiger charge is -2.12. The van der Waals surface area contributed by atoms with E-state index >= 15 is 0 Å². The number of anilines is 3. The van der Waals surface area contributed by atoms with Crippen LogP contribution in [0.2, 0.25) is 0 Å². The van der Waals surface area contributed by atoms with Gasteiger partial charge in [0.15, 0.2) is 0 Å². The number of hydrogen-bond donors (Lipinski definition) is 3. The Kier molecular flexibility index (Phi) is 7.22. The van der Waals surface area contributed by atoms with Gasteiger partial charge >= 0.3 is 10.1 Å². The van der Waals surface area contributed by atoms with Crippen molar-refractivity contribution in [1.82, 2.24) is 9.97 Å². The monoisotopic (exact) mass is 489 g/mol. The van der Waals surface area contributed by atoms with E-state index in [0.717, 1.165) is 12.0 Å². The Balaban J connectivity index is 1.43. The van der Waals surface area contributed by atoms with Gasteiger partial charge in [0, 0.05) is 18.4 Å². The third-order valence-electron chi connectivity index (χ3n) is 4.95. The number of nitrogens with zero attached hydrogens (tertiary/aromatic N) is 2. The summed E-state index contributed by atoms with van der Waals surface area (Å²) in [5, 5.41) is 6.16. The van der Waals surface area contributed by atoms with E-state index in [9.17, 15) is 13.2 Å². The molecule has 1 amide bonds. The van der Waals surface area contributed by atoms with Gasteiger partial charge in [-0.1, -0.05) is 48.5 Å². The third kappa shape index (κ3) is 6.33. The molecule has 0 aliphatic rings. The molecule has 0 radical (unpaired) electrons. The fraction of sp³-hybridized carbons (Fsp3) is 0.0800. The van der Waals surface area contributed by atoms with Gasteiger partial charge in [0.05, 0.1) is 5.56 Å². The van der Waals surface area contributed by atoms with E-state index in [4.69, 9.17) is 9.92 Å². The molecule has 1 heterocycles. The number of primary amides is 1. The molecule has 0 saturated carbocycles. The van der Waals surface area contributed by atoms with Crippen LogP contribution in [-0.4, -0.2) is 30.8 Å². The van der Waals surface area contributed by atoms with Crippen molar-refractivity contribution in [1.29, 1.82) is 0 Å². The molecule has 3 aromatic carbocycles. The molecule has 0 saturated heterocycles. The molecule has 0 fully saturated rings. The van der Waals surface area contributed by atoms with E-state index in [1.807, 2.05) is 30.3 Å². The highest BCUT2D eigenvalue weighted by molar-refractivity contribution is 7.87. The minimum Gasteiger partial charge on any atom is -0.379 e. The Morgan fingerprint density at radius 1 is 0.914 bits per heavy atom. The second-order valence-electron chi connectivity index (χ2n) is 7.48. The van der Waals surface area contributed by atoms with Crippen molar-refractivity contribution in [2.45, 2.75) is 11.3 Å². The Morgan fingerprint density at radius 3 is 2.23 bits per heavy atom. The molecule has 0 aliphatic carbocycles. The molecular formula is C25H23N5O4S. The van der Waals surface area contributed by atoms with Crippen LogP contribution in [0.4, 0.5) is 17.5 Å². The van der Waals surface area contributed by atoms with Crippen LogP contribution in [0.1, 0.15) is 15.9 Å². The zero-order valence-electron chi connectivity index (χ0n) is 18.6. The third-order valence-corrected chi connectivity index (χ3v) is 6.21. The zero-order chi connectivity index (χ0) is 24.7. The summed E-state index contributed by atoms with van der Waals surface area (Å²) in [6.45, 7) is 0.544. The Hall–Kier alpha value is -4.44. The summed E-state index contributed by atoms with van der Waals surface area (Å²) in [6.07, 6.45) is 2.09. The van der Waals surface area contributed by atoms with Crippen LogP contribution in [0.25, 0.3) is 0 Å². The van der Waals surface area contributed by atoms with Gasteiger partial charge in [-0.15, -0.1) is 0 Å². The van der Waals surface area contributed by atoms with Crippen molar-refractivity contribution in [3.05, 3.63) is 102 Å². The molecule has 4 N–H and O–H groups in total. The van der Waals surface area contributed by atoms with Crippen molar-refractivity contribution in [3.8, 4) is 5.75 Å². The number of hydrogen-bond acceptors (Lipinski definition) is 8. The molecule has 4 aromatic rings. The first-order valence-corrected chi connectivity index (χ1v) is 12.1. The summed E-state index contributed by atoms with van der Waals surface area (Å²) in [7, 11) is -3.93. The fourth-order valence-corrected chi connectivity index (χ4v) is 4.16. The second kappa shape index (κ2) is 10.7. The number of carbonyl (C=O) groups is 1. The minimum absolute atomic E-state index is 0.0671. The number of aromatic nitrogens is 2. The maximum absolute atomic E-state index is 12.4. The van der Waals surface area contributed by atoms with Crippen LogP contribution in [0, 0.1) is 0 Å². The van der Waals surface area contributed by atoms with E-state index in [1.165, 1.54) is 30.5 Å². The number of amides is 1. The smallest absolute Gasteiger partial charge is 0.339 e. The predicted octanol–water partition coefficient (Wildman–Crippen LogP) is 3.74. The minimum atomic E-state index is -3.93. The van der Waals surface area contributed by atoms with Crippen LogP contribution in [0.3, 0.4) is 0 Å². The lowest BCUT2D eigenvalue weighted by atomic mass is 10.1. The number of nitrogens with two attached hydrogens (primary N) is 1. The highest BCUT2D eigenvalue weighted by atomic mass is 32.2. The Labute approximate surface area is 203 Å². The Bertz CT molecular complexity index is 1400. The van der Waals surface area contributed by atoms with Gasteiger partial charge < -0.3 is 20.6 Å². The maximum Gasteiger partial charge on any atom is 0.339 e. The van der Waals surface area contributed by atoms with Gasteiger partial charge in [-0.25, -0.2) is 4.98 Å². The molecule has 0 aliphatic heterocycles. The van der Waals surface area contributed by atoms with E-state index in [-0.39, 0.29) is 22.2 Å². The first-order chi connectivity index (χ1) is 16.9. The first kappa shape index (κ1) is 23.7. The lowest BCUT2D eigenvalue weighted by molar-refractivity contribution is 0.100. The molecule has 4 rings (SSSR count). The molecule has 1 aromatic heterocycles. The van der Waals surface area contributed by atoms with E-state index < -0.39 is 16.0 Å². The van der Waals surface area contributed by atoms with Crippen molar-refractivity contribution >= 4 is 33.5 Å². The first-order valence-electron chi connectivity index (χ1n) is 10.7. The average molecular weight is 490 g/mol. The summed E-state index contributed by atoms with van der Waals surface area (Å²) in [5.74, 6) is 0.0789. The van der Waals surface area contributed by atoms with E-state index in [0.29, 0.717) is 18.1 Å². The number of carbonyl (C=O) groups excluding carboxylic acids is 1. The highest BCUT2D eigenvalue weighted by Crippen LogP contribution is 2.23. The predicted molar refractivity (Wildman–Crippen MR) is 133 cm³/mol. The van der Waals surface area contributed by atoms with Gasteiger partial charge in [0.1, 0.15) is 16.5 Å². The second-order valence-corrected chi connectivity index (χ2v) is 9.03. The van der Waals surface area contributed by atoms with Crippen LogP contribution in [-0.2, 0) is 16.5 Å². The highest BCUT2D eigenvalue weighted by Gasteiger charge is 2.16. The molecule has 35 heavy (non-hydrogen) atoms. The van der Waals surface area contributed by atoms with Gasteiger partial charge in [0.2, 0.25) is 5.95 Å². The maximum atomic E-state index is 12.4.